The zero-order valence-corrected chi connectivity index (χ0v) is 19.5. The zero-order chi connectivity index (χ0) is 18.4. The molecule has 0 bridgehead atoms. The number of guanidine groups is 1. The first-order chi connectivity index (χ1) is 11.9. The van der Waals surface area contributed by atoms with Crippen LogP contribution < -0.4 is 10.6 Å². The lowest BCUT2D eigenvalue weighted by atomic mass is 10.2. The lowest BCUT2D eigenvalue weighted by molar-refractivity contribution is 0.120. The van der Waals surface area contributed by atoms with Crippen molar-refractivity contribution in [3.8, 4) is 0 Å². The van der Waals surface area contributed by atoms with Gasteiger partial charge in [0.25, 0.3) is 0 Å². The summed E-state index contributed by atoms with van der Waals surface area (Å²) in [6, 6.07) is 0.499. The standard InChI is InChI=1S/C18H35N7.HI/c1-7-19-18(21-13-17-15(3)22-24(6)16(17)4)20-12-14(2)25-10-8-23(5)9-11-25;/h14H,7-13H2,1-6H3,(H2,19,20,21);1H. The van der Waals surface area contributed by atoms with Gasteiger partial charge in [0.05, 0.1) is 12.2 Å². The van der Waals surface area contributed by atoms with Crippen molar-refractivity contribution in [2.45, 2.75) is 40.3 Å². The van der Waals surface area contributed by atoms with Gasteiger partial charge in [-0.25, -0.2) is 4.99 Å². The van der Waals surface area contributed by atoms with Gasteiger partial charge in [-0.05, 0) is 34.7 Å². The molecule has 1 aliphatic rings. The molecule has 0 amide bonds. The fourth-order valence-corrected chi connectivity index (χ4v) is 3.18. The smallest absolute Gasteiger partial charge is 0.191 e. The molecule has 0 saturated carbocycles. The molecule has 150 valence electrons. The fraction of sp³-hybridized carbons (Fsp3) is 0.778. The number of aryl methyl sites for hydroxylation is 2. The molecule has 2 rings (SSSR count). The zero-order valence-electron chi connectivity index (χ0n) is 17.2. The summed E-state index contributed by atoms with van der Waals surface area (Å²) in [7, 11) is 4.18. The first kappa shape index (κ1) is 23.2. The summed E-state index contributed by atoms with van der Waals surface area (Å²) in [6.07, 6.45) is 0. The van der Waals surface area contributed by atoms with Crippen molar-refractivity contribution in [2.24, 2.45) is 12.0 Å². The van der Waals surface area contributed by atoms with Gasteiger partial charge in [0, 0.05) is 63.6 Å². The maximum atomic E-state index is 4.76. The number of nitrogens with one attached hydrogen (secondary N) is 2. The second-order valence-corrected chi connectivity index (χ2v) is 7.04. The molecule has 2 heterocycles. The van der Waals surface area contributed by atoms with Gasteiger partial charge in [0.2, 0.25) is 0 Å². The van der Waals surface area contributed by atoms with Crippen LogP contribution in [0.3, 0.4) is 0 Å². The van der Waals surface area contributed by atoms with Crippen LogP contribution in [0.5, 0.6) is 0 Å². The summed E-state index contributed by atoms with van der Waals surface area (Å²) in [6.45, 7) is 15.5. The highest BCUT2D eigenvalue weighted by Crippen LogP contribution is 2.12. The Hall–Kier alpha value is -0.870. The van der Waals surface area contributed by atoms with E-state index in [4.69, 9.17) is 4.99 Å². The van der Waals surface area contributed by atoms with E-state index in [0.717, 1.165) is 50.9 Å². The van der Waals surface area contributed by atoms with E-state index in [1.807, 2.05) is 18.7 Å². The van der Waals surface area contributed by atoms with Gasteiger partial charge in [-0.1, -0.05) is 0 Å². The van der Waals surface area contributed by atoms with E-state index in [2.05, 4.69) is 53.4 Å². The molecule has 1 unspecified atom stereocenters. The number of nitrogens with zero attached hydrogens (tertiary/aromatic N) is 5. The van der Waals surface area contributed by atoms with Gasteiger partial charge in [0.1, 0.15) is 0 Å². The number of likely N-dealkylation sites (N-methyl/N-ethyl adjacent to an activating group) is 1. The van der Waals surface area contributed by atoms with Crippen molar-refractivity contribution in [1.82, 2.24) is 30.2 Å². The molecule has 8 heteroatoms. The highest BCUT2D eigenvalue weighted by molar-refractivity contribution is 14.0. The Morgan fingerprint density at radius 3 is 2.35 bits per heavy atom. The van der Waals surface area contributed by atoms with E-state index in [1.165, 1.54) is 11.3 Å². The Morgan fingerprint density at radius 2 is 1.81 bits per heavy atom. The molecule has 26 heavy (non-hydrogen) atoms. The second-order valence-electron chi connectivity index (χ2n) is 7.04. The number of aliphatic imine (C=N–C) groups is 1. The Kier molecular flexibility index (Phi) is 9.88. The van der Waals surface area contributed by atoms with Gasteiger partial charge in [-0.3, -0.25) is 9.58 Å². The van der Waals surface area contributed by atoms with Crippen LogP contribution in [-0.4, -0.2) is 77.9 Å². The van der Waals surface area contributed by atoms with E-state index in [-0.39, 0.29) is 24.0 Å². The third kappa shape index (κ3) is 6.38. The predicted molar refractivity (Wildman–Crippen MR) is 119 cm³/mol. The molecule has 1 aliphatic heterocycles. The maximum absolute atomic E-state index is 4.76. The molecule has 7 nitrogen and oxygen atoms in total. The van der Waals surface area contributed by atoms with E-state index in [9.17, 15) is 0 Å². The van der Waals surface area contributed by atoms with Crippen LogP contribution in [0.4, 0.5) is 0 Å². The average Bonchev–Trinajstić information content (AvgIpc) is 2.83. The fourth-order valence-electron chi connectivity index (χ4n) is 3.18. The Morgan fingerprint density at radius 1 is 1.15 bits per heavy atom. The Bertz CT molecular complexity index is 576. The molecule has 0 aliphatic carbocycles. The summed E-state index contributed by atoms with van der Waals surface area (Å²) in [5.41, 5.74) is 3.46. The van der Waals surface area contributed by atoms with Crippen LogP contribution in [0.25, 0.3) is 0 Å². The molecule has 1 aromatic rings. The van der Waals surface area contributed by atoms with Crippen molar-refractivity contribution >= 4 is 29.9 Å². The third-order valence-electron chi connectivity index (χ3n) is 5.12. The number of halogens is 1. The molecule has 0 aromatic carbocycles. The van der Waals surface area contributed by atoms with Crippen molar-refractivity contribution in [2.75, 3.05) is 46.3 Å². The highest BCUT2D eigenvalue weighted by atomic mass is 127. The van der Waals surface area contributed by atoms with Gasteiger partial charge in [0.15, 0.2) is 5.96 Å². The van der Waals surface area contributed by atoms with Crippen molar-refractivity contribution < 1.29 is 0 Å². The first-order valence-corrected chi connectivity index (χ1v) is 9.36. The molecule has 1 atom stereocenters. The van der Waals surface area contributed by atoms with E-state index < -0.39 is 0 Å². The van der Waals surface area contributed by atoms with Crippen LogP contribution in [0.15, 0.2) is 4.99 Å². The van der Waals surface area contributed by atoms with Crippen LogP contribution in [0.2, 0.25) is 0 Å². The number of piperazine rings is 1. The number of rotatable bonds is 6. The second kappa shape index (κ2) is 11.1. The van der Waals surface area contributed by atoms with Crippen LogP contribution in [0.1, 0.15) is 30.8 Å². The third-order valence-corrected chi connectivity index (χ3v) is 5.12. The average molecular weight is 477 g/mol. The molecule has 0 spiro atoms. The number of hydrogen-bond donors (Lipinski definition) is 2. The molecular formula is C18H36IN7. The summed E-state index contributed by atoms with van der Waals surface area (Å²) < 4.78 is 1.93. The maximum Gasteiger partial charge on any atom is 0.191 e. The first-order valence-electron chi connectivity index (χ1n) is 9.36. The lowest BCUT2D eigenvalue weighted by Crippen LogP contribution is -2.52. The molecular weight excluding hydrogens is 441 g/mol. The van der Waals surface area contributed by atoms with Gasteiger partial charge in [-0.2, -0.15) is 5.10 Å². The van der Waals surface area contributed by atoms with Crippen LogP contribution in [-0.2, 0) is 13.6 Å². The molecule has 0 radical (unpaired) electrons. The minimum Gasteiger partial charge on any atom is -0.357 e. The summed E-state index contributed by atoms with van der Waals surface area (Å²) in [5.74, 6) is 0.881. The van der Waals surface area contributed by atoms with Gasteiger partial charge in [-0.15, -0.1) is 24.0 Å². The summed E-state index contributed by atoms with van der Waals surface area (Å²) in [4.78, 5) is 9.70. The monoisotopic (exact) mass is 477 g/mol. The van der Waals surface area contributed by atoms with E-state index >= 15 is 0 Å². The normalized spacial score (nSPS) is 17.7. The highest BCUT2D eigenvalue weighted by Gasteiger charge is 2.19. The topological polar surface area (TPSA) is 60.7 Å². The SMILES string of the molecule is CCNC(=NCc1c(C)nn(C)c1C)NCC(C)N1CCN(C)CC1.I. The summed E-state index contributed by atoms with van der Waals surface area (Å²) in [5, 5.41) is 11.3. The quantitative estimate of drug-likeness (QED) is 0.368. The predicted octanol–water partition coefficient (Wildman–Crippen LogP) is 1.35. The Labute approximate surface area is 175 Å². The van der Waals surface area contributed by atoms with Gasteiger partial charge < -0.3 is 15.5 Å². The van der Waals surface area contributed by atoms with Crippen molar-refractivity contribution in [3.05, 3.63) is 17.0 Å². The largest absolute Gasteiger partial charge is 0.357 e. The van der Waals surface area contributed by atoms with Gasteiger partial charge >= 0.3 is 0 Å². The van der Waals surface area contributed by atoms with Crippen molar-refractivity contribution in [3.63, 3.8) is 0 Å². The molecule has 1 saturated heterocycles. The minimum atomic E-state index is 0. The summed E-state index contributed by atoms with van der Waals surface area (Å²) >= 11 is 0. The minimum absolute atomic E-state index is 0. The number of hydrogen-bond acceptors (Lipinski definition) is 4. The van der Waals surface area contributed by atoms with Crippen molar-refractivity contribution in [1.29, 1.82) is 0 Å². The number of aromatic nitrogens is 2. The molecule has 1 fully saturated rings. The Balaban J connectivity index is 0.00000338. The van der Waals surface area contributed by atoms with Crippen LogP contribution >= 0.6 is 24.0 Å². The van der Waals surface area contributed by atoms with E-state index in [1.54, 1.807) is 0 Å². The van der Waals surface area contributed by atoms with Crippen LogP contribution in [0, 0.1) is 13.8 Å². The molecule has 1 aromatic heterocycles. The van der Waals surface area contributed by atoms with E-state index in [0.29, 0.717) is 12.6 Å². The molecule has 2 N–H and O–H groups in total. The lowest BCUT2D eigenvalue weighted by Gasteiger charge is -2.36.